The van der Waals surface area contributed by atoms with E-state index in [0.717, 1.165) is 13.0 Å². The standard InChI is InChI=1S/C16H19N3O4/c20-15(17-10-4-12-18-11-3-7-16(18)21)9-8-13-5-1-2-6-14(13)19(22)23/h1-2,5-6,8-9H,3-4,7,10-12H2,(H,17,20). The first-order valence-electron chi connectivity index (χ1n) is 7.55. The average Bonchev–Trinajstić information content (AvgIpc) is 2.95. The van der Waals surface area contributed by atoms with Crippen LogP contribution in [0.15, 0.2) is 30.3 Å². The summed E-state index contributed by atoms with van der Waals surface area (Å²) in [7, 11) is 0. The van der Waals surface area contributed by atoms with Crippen molar-refractivity contribution in [2.75, 3.05) is 19.6 Å². The fourth-order valence-electron chi connectivity index (χ4n) is 2.44. The molecule has 7 nitrogen and oxygen atoms in total. The molecule has 0 bridgehead atoms. The molecule has 0 aromatic heterocycles. The number of benzene rings is 1. The summed E-state index contributed by atoms with van der Waals surface area (Å²) in [6.07, 6.45) is 4.92. The van der Waals surface area contributed by atoms with Crippen LogP contribution < -0.4 is 5.32 Å². The zero-order valence-corrected chi connectivity index (χ0v) is 12.7. The van der Waals surface area contributed by atoms with Crippen molar-refractivity contribution >= 4 is 23.6 Å². The van der Waals surface area contributed by atoms with Crippen molar-refractivity contribution in [1.29, 1.82) is 0 Å². The zero-order valence-electron chi connectivity index (χ0n) is 12.7. The molecule has 1 heterocycles. The van der Waals surface area contributed by atoms with Crippen molar-refractivity contribution in [1.82, 2.24) is 10.2 Å². The van der Waals surface area contributed by atoms with Crippen LogP contribution in [0.3, 0.4) is 0 Å². The third-order valence-corrected chi connectivity index (χ3v) is 3.62. The van der Waals surface area contributed by atoms with Crippen LogP contribution in [0.5, 0.6) is 0 Å². The molecule has 2 rings (SSSR count). The van der Waals surface area contributed by atoms with E-state index in [1.165, 1.54) is 18.2 Å². The number of nitro benzene ring substituents is 1. The van der Waals surface area contributed by atoms with Gasteiger partial charge in [0.15, 0.2) is 0 Å². The Kier molecular flexibility index (Phi) is 5.85. The topological polar surface area (TPSA) is 92.5 Å². The lowest BCUT2D eigenvalue weighted by Crippen LogP contribution is -2.29. The number of hydrogen-bond acceptors (Lipinski definition) is 4. The molecule has 2 amide bonds. The van der Waals surface area contributed by atoms with Gasteiger partial charge >= 0.3 is 0 Å². The normalized spacial score (nSPS) is 14.4. The lowest BCUT2D eigenvalue weighted by atomic mass is 10.1. The molecule has 23 heavy (non-hydrogen) atoms. The molecule has 1 aromatic rings. The smallest absolute Gasteiger partial charge is 0.276 e. The minimum absolute atomic E-state index is 0.0379. The summed E-state index contributed by atoms with van der Waals surface area (Å²) in [4.78, 5) is 35.3. The van der Waals surface area contributed by atoms with Gasteiger partial charge in [0.05, 0.1) is 10.5 Å². The van der Waals surface area contributed by atoms with Crippen molar-refractivity contribution in [3.63, 3.8) is 0 Å². The molecular weight excluding hydrogens is 298 g/mol. The molecule has 122 valence electrons. The minimum atomic E-state index is -0.482. The molecule has 1 aromatic carbocycles. The molecule has 1 aliphatic heterocycles. The molecular formula is C16H19N3O4. The number of amides is 2. The summed E-state index contributed by atoms with van der Waals surface area (Å²) in [5.74, 6) is -0.136. The quantitative estimate of drug-likeness (QED) is 0.359. The number of nitrogens with one attached hydrogen (secondary N) is 1. The van der Waals surface area contributed by atoms with E-state index in [1.54, 1.807) is 23.1 Å². The molecule has 0 atom stereocenters. The summed E-state index contributed by atoms with van der Waals surface area (Å²) >= 11 is 0. The number of nitro groups is 1. The minimum Gasteiger partial charge on any atom is -0.352 e. The number of rotatable bonds is 7. The van der Waals surface area contributed by atoms with Gasteiger partial charge in [-0.15, -0.1) is 0 Å². The van der Waals surface area contributed by atoms with Gasteiger partial charge < -0.3 is 10.2 Å². The Balaban J connectivity index is 1.76. The SMILES string of the molecule is O=C(C=Cc1ccccc1[N+](=O)[O-])NCCCN1CCCC1=O. The lowest BCUT2D eigenvalue weighted by molar-refractivity contribution is -0.385. The van der Waals surface area contributed by atoms with Crippen LogP contribution >= 0.6 is 0 Å². The summed E-state index contributed by atoms with van der Waals surface area (Å²) < 4.78 is 0. The molecule has 0 radical (unpaired) electrons. The van der Waals surface area contributed by atoms with Gasteiger partial charge in [-0.2, -0.15) is 0 Å². The first-order chi connectivity index (χ1) is 11.1. The molecule has 7 heteroatoms. The van der Waals surface area contributed by atoms with Gasteiger partial charge in [-0.25, -0.2) is 0 Å². The molecule has 0 spiro atoms. The maximum atomic E-state index is 11.7. The Morgan fingerprint density at radius 2 is 2.17 bits per heavy atom. The van der Waals surface area contributed by atoms with Gasteiger partial charge in [-0.1, -0.05) is 12.1 Å². The van der Waals surface area contributed by atoms with Crippen LogP contribution in [-0.2, 0) is 9.59 Å². The van der Waals surface area contributed by atoms with Gasteiger partial charge in [-0.3, -0.25) is 19.7 Å². The Labute approximate surface area is 134 Å². The molecule has 1 fully saturated rings. The highest BCUT2D eigenvalue weighted by Gasteiger charge is 2.18. The van der Waals surface area contributed by atoms with E-state index in [0.29, 0.717) is 31.5 Å². The monoisotopic (exact) mass is 317 g/mol. The Morgan fingerprint density at radius 1 is 1.39 bits per heavy atom. The number of para-hydroxylation sites is 1. The van der Waals surface area contributed by atoms with E-state index in [2.05, 4.69) is 5.32 Å². The predicted molar refractivity (Wildman–Crippen MR) is 85.6 cm³/mol. The van der Waals surface area contributed by atoms with Crippen LogP contribution in [0.4, 0.5) is 5.69 Å². The highest BCUT2D eigenvalue weighted by Crippen LogP contribution is 2.18. The fourth-order valence-corrected chi connectivity index (χ4v) is 2.44. The van der Waals surface area contributed by atoms with E-state index >= 15 is 0 Å². The highest BCUT2D eigenvalue weighted by atomic mass is 16.6. The summed E-state index contributed by atoms with van der Waals surface area (Å²) in [6, 6.07) is 6.23. The Hall–Kier alpha value is -2.70. The molecule has 0 saturated carbocycles. The highest BCUT2D eigenvalue weighted by molar-refractivity contribution is 5.92. The molecule has 1 aliphatic rings. The second-order valence-corrected chi connectivity index (χ2v) is 5.28. The lowest BCUT2D eigenvalue weighted by Gasteiger charge is -2.14. The fraction of sp³-hybridized carbons (Fsp3) is 0.375. The van der Waals surface area contributed by atoms with Gasteiger partial charge in [-0.05, 0) is 25.0 Å². The van der Waals surface area contributed by atoms with E-state index in [9.17, 15) is 19.7 Å². The van der Waals surface area contributed by atoms with Crippen LogP contribution in [0, 0.1) is 10.1 Å². The Morgan fingerprint density at radius 3 is 2.87 bits per heavy atom. The van der Waals surface area contributed by atoms with E-state index < -0.39 is 4.92 Å². The van der Waals surface area contributed by atoms with Crippen molar-refractivity contribution in [3.05, 3.63) is 46.0 Å². The van der Waals surface area contributed by atoms with Crippen LogP contribution in [-0.4, -0.2) is 41.3 Å². The van der Waals surface area contributed by atoms with Crippen molar-refractivity contribution in [2.24, 2.45) is 0 Å². The van der Waals surface area contributed by atoms with Gasteiger partial charge in [0.25, 0.3) is 5.69 Å². The first-order valence-corrected chi connectivity index (χ1v) is 7.55. The van der Waals surface area contributed by atoms with Crippen LogP contribution in [0.1, 0.15) is 24.8 Å². The van der Waals surface area contributed by atoms with Crippen molar-refractivity contribution < 1.29 is 14.5 Å². The van der Waals surface area contributed by atoms with E-state index in [-0.39, 0.29) is 17.5 Å². The second kappa shape index (κ2) is 8.07. The van der Waals surface area contributed by atoms with Gasteiger partial charge in [0.1, 0.15) is 0 Å². The molecule has 1 saturated heterocycles. The third-order valence-electron chi connectivity index (χ3n) is 3.62. The number of carbonyl (C=O) groups is 2. The van der Waals surface area contributed by atoms with Gasteiger partial charge in [0.2, 0.25) is 11.8 Å². The van der Waals surface area contributed by atoms with E-state index in [4.69, 9.17) is 0 Å². The maximum absolute atomic E-state index is 11.7. The summed E-state index contributed by atoms with van der Waals surface area (Å²) in [5.41, 5.74) is 0.347. The summed E-state index contributed by atoms with van der Waals surface area (Å²) in [6.45, 7) is 1.90. The molecule has 1 N–H and O–H groups in total. The number of hydrogen-bond donors (Lipinski definition) is 1. The largest absolute Gasteiger partial charge is 0.352 e. The maximum Gasteiger partial charge on any atom is 0.276 e. The van der Waals surface area contributed by atoms with Crippen LogP contribution in [0.2, 0.25) is 0 Å². The number of likely N-dealkylation sites (tertiary alicyclic amines) is 1. The van der Waals surface area contributed by atoms with Crippen molar-refractivity contribution in [2.45, 2.75) is 19.3 Å². The first kappa shape index (κ1) is 16.7. The second-order valence-electron chi connectivity index (χ2n) is 5.28. The molecule has 0 unspecified atom stereocenters. The van der Waals surface area contributed by atoms with E-state index in [1.807, 2.05) is 0 Å². The summed E-state index contributed by atoms with van der Waals surface area (Å²) in [5, 5.41) is 13.6. The number of nitrogens with zero attached hydrogens (tertiary/aromatic N) is 2. The third kappa shape index (κ3) is 4.91. The predicted octanol–water partition coefficient (Wildman–Crippen LogP) is 1.74. The molecule has 0 aliphatic carbocycles. The van der Waals surface area contributed by atoms with Crippen LogP contribution in [0.25, 0.3) is 6.08 Å². The number of carbonyl (C=O) groups excluding carboxylic acids is 2. The zero-order chi connectivity index (χ0) is 16.7. The average molecular weight is 317 g/mol. The van der Waals surface area contributed by atoms with Gasteiger partial charge in [0, 0.05) is 38.2 Å². The van der Waals surface area contributed by atoms with Crippen molar-refractivity contribution in [3.8, 4) is 0 Å². The Bertz CT molecular complexity index is 628.